The Balaban J connectivity index is 1.84. The van der Waals surface area contributed by atoms with Crippen LogP contribution in [0, 0.1) is 5.92 Å². The van der Waals surface area contributed by atoms with Gasteiger partial charge in [0.15, 0.2) is 11.5 Å². The molecule has 4 aliphatic rings. The van der Waals surface area contributed by atoms with E-state index in [2.05, 4.69) is 17.5 Å². The fourth-order valence-electron chi connectivity index (χ4n) is 5.13. The number of piperidine rings is 1. The van der Waals surface area contributed by atoms with Gasteiger partial charge in [0.25, 0.3) is 0 Å². The molecule has 1 aromatic rings. The molecule has 5 rings (SSSR count). The Morgan fingerprint density at radius 2 is 2.29 bits per heavy atom. The monoisotopic (exact) mass is 285 g/mol. The molecular weight excluding hydrogens is 266 g/mol. The summed E-state index contributed by atoms with van der Waals surface area (Å²) in [5, 5.41) is 14.1. The van der Waals surface area contributed by atoms with Gasteiger partial charge in [0.05, 0.1) is 7.11 Å². The minimum atomic E-state index is -0.539. The zero-order chi connectivity index (χ0) is 14.2. The molecule has 1 spiro atoms. The number of ether oxygens (including phenoxy) is 2. The zero-order valence-electron chi connectivity index (χ0n) is 12.0. The van der Waals surface area contributed by atoms with E-state index in [1.54, 1.807) is 7.11 Å². The Morgan fingerprint density at radius 3 is 3.14 bits per heavy atom. The normalized spacial score (nSPS) is 41.4. The molecule has 2 N–H and O–H groups in total. The van der Waals surface area contributed by atoms with E-state index < -0.39 is 6.10 Å². The van der Waals surface area contributed by atoms with Gasteiger partial charge in [-0.25, -0.2) is 0 Å². The summed E-state index contributed by atoms with van der Waals surface area (Å²) in [6, 6.07) is 4.62. The largest absolute Gasteiger partial charge is 0.493 e. The molecule has 2 aliphatic heterocycles. The molecule has 21 heavy (non-hydrogen) atoms. The van der Waals surface area contributed by atoms with Gasteiger partial charge in [-0.2, -0.15) is 0 Å². The van der Waals surface area contributed by atoms with E-state index in [4.69, 9.17) is 9.47 Å². The molecule has 4 heteroatoms. The van der Waals surface area contributed by atoms with Crippen molar-refractivity contribution >= 4 is 0 Å². The van der Waals surface area contributed by atoms with Gasteiger partial charge in [-0.1, -0.05) is 18.2 Å². The van der Waals surface area contributed by atoms with Crippen LogP contribution in [0.25, 0.3) is 0 Å². The van der Waals surface area contributed by atoms with E-state index >= 15 is 0 Å². The van der Waals surface area contributed by atoms with Crippen molar-refractivity contribution in [3.63, 3.8) is 0 Å². The standard InChI is InChI=1S/C17H19NO3/c1-20-13-5-2-9-8-11-10-3-4-12(19)16-17(10,6-7-18-11)14(9)15(13)21-16/h2-5,10-12,16,18-19H,6-8H2,1H3/t10?,11?,12?,16-,17?/m0/s1. The Morgan fingerprint density at radius 1 is 1.38 bits per heavy atom. The number of hydrogen-bond donors (Lipinski definition) is 2. The topological polar surface area (TPSA) is 50.7 Å². The lowest BCUT2D eigenvalue weighted by atomic mass is 9.54. The average Bonchev–Trinajstić information content (AvgIpc) is 2.83. The summed E-state index contributed by atoms with van der Waals surface area (Å²) in [5.74, 6) is 2.06. The Bertz CT molecular complexity index is 656. The minimum absolute atomic E-state index is 0.0818. The lowest BCUT2D eigenvalue weighted by Crippen LogP contribution is -2.64. The molecule has 2 bridgehead atoms. The van der Waals surface area contributed by atoms with Crippen molar-refractivity contribution in [3.05, 3.63) is 35.4 Å². The minimum Gasteiger partial charge on any atom is -0.493 e. The van der Waals surface area contributed by atoms with E-state index in [9.17, 15) is 5.11 Å². The van der Waals surface area contributed by atoms with Crippen molar-refractivity contribution in [2.45, 2.75) is 36.5 Å². The van der Waals surface area contributed by atoms with Gasteiger partial charge in [-0.3, -0.25) is 0 Å². The summed E-state index contributed by atoms with van der Waals surface area (Å²) in [6.45, 7) is 0.984. The smallest absolute Gasteiger partial charge is 0.165 e. The van der Waals surface area contributed by atoms with Crippen molar-refractivity contribution in [2.75, 3.05) is 13.7 Å². The Kier molecular flexibility index (Phi) is 2.19. The lowest BCUT2D eigenvalue weighted by Gasteiger charge is -2.53. The maximum Gasteiger partial charge on any atom is 0.165 e. The molecule has 5 atom stereocenters. The van der Waals surface area contributed by atoms with Crippen LogP contribution in [0.3, 0.4) is 0 Å². The van der Waals surface area contributed by atoms with Crippen LogP contribution in [0.2, 0.25) is 0 Å². The second-order valence-corrected chi connectivity index (χ2v) is 6.63. The highest BCUT2D eigenvalue weighted by Crippen LogP contribution is 2.61. The number of rotatable bonds is 1. The highest BCUT2D eigenvalue weighted by Gasteiger charge is 2.63. The first-order chi connectivity index (χ1) is 10.3. The summed E-state index contributed by atoms with van der Waals surface area (Å²) < 4.78 is 11.8. The number of benzene rings is 1. The van der Waals surface area contributed by atoms with Gasteiger partial charge in [0, 0.05) is 22.9 Å². The average molecular weight is 285 g/mol. The lowest BCUT2D eigenvalue weighted by molar-refractivity contribution is -0.0177. The van der Waals surface area contributed by atoms with Crippen LogP contribution in [0.4, 0.5) is 0 Å². The number of nitrogens with one attached hydrogen (secondary N) is 1. The molecule has 0 aromatic heterocycles. The molecule has 2 aliphatic carbocycles. The van der Waals surface area contributed by atoms with Gasteiger partial charge in [-0.05, 0) is 31.0 Å². The first-order valence-corrected chi connectivity index (χ1v) is 7.72. The van der Waals surface area contributed by atoms with Gasteiger partial charge < -0.3 is 19.9 Å². The van der Waals surface area contributed by atoms with Gasteiger partial charge >= 0.3 is 0 Å². The molecular formula is C17H19NO3. The number of hydrogen-bond acceptors (Lipinski definition) is 4. The maximum absolute atomic E-state index is 10.5. The summed E-state index contributed by atoms with van der Waals surface area (Å²) in [6.07, 6.45) is 5.43. The summed E-state index contributed by atoms with van der Waals surface area (Å²) in [7, 11) is 1.68. The quantitative estimate of drug-likeness (QED) is 0.760. The second kappa shape index (κ2) is 3.81. The van der Waals surface area contributed by atoms with Crippen LogP contribution in [0.5, 0.6) is 11.5 Å². The number of aliphatic hydroxyl groups excluding tert-OH is 1. The van der Waals surface area contributed by atoms with Crippen LogP contribution in [0.15, 0.2) is 24.3 Å². The molecule has 4 nitrogen and oxygen atoms in total. The van der Waals surface area contributed by atoms with Crippen molar-refractivity contribution in [1.29, 1.82) is 0 Å². The third-order valence-corrected chi connectivity index (χ3v) is 5.88. The molecule has 0 amide bonds. The summed E-state index contributed by atoms with van der Waals surface area (Å²) in [4.78, 5) is 0. The SMILES string of the molecule is COc1ccc2c3c1O[C@H]1C(O)C=CC4C(C2)NCCC341. The van der Waals surface area contributed by atoms with Crippen molar-refractivity contribution in [1.82, 2.24) is 5.32 Å². The van der Waals surface area contributed by atoms with Crippen molar-refractivity contribution < 1.29 is 14.6 Å². The maximum atomic E-state index is 10.5. The predicted octanol–water partition coefficient (Wildman–Crippen LogP) is 1.16. The summed E-state index contributed by atoms with van der Waals surface area (Å²) >= 11 is 0. The zero-order valence-corrected chi connectivity index (χ0v) is 12.0. The van der Waals surface area contributed by atoms with E-state index in [-0.39, 0.29) is 11.5 Å². The predicted molar refractivity (Wildman–Crippen MR) is 77.8 cm³/mol. The van der Waals surface area contributed by atoms with Gasteiger partial charge in [0.1, 0.15) is 12.2 Å². The molecule has 4 unspecified atom stereocenters. The fraction of sp³-hybridized carbons (Fsp3) is 0.529. The van der Waals surface area contributed by atoms with E-state index in [0.717, 1.165) is 30.9 Å². The van der Waals surface area contributed by atoms with Crippen LogP contribution >= 0.6 is 0 Å². The van der Waals surface area contributed by atoms with E-state index in [1.165, 1.54) is 11.1 Å². The van der Waals surface area contributed by atoms with Gasteiger partial charge in [-0.15, -0.1) is 0 Å². The highest BCUT2D eigenvalue weighted by molar-refractivity contribution is 5.62. The molecule has 1 fully saturated rings. The Hall–Kier alpha value is -1.52. The molecule has 1 aromatic carbocycles. The first-order valence-electron chi connectivity index (χ1n) is 7.72. The first kappa shape index (κ1) is 12.1. The molecule has 0 radical (unpaired) electrons. The van der Waals surface area contributed by atoms with E-state index in [0.29, 0.717) is 12.0 Å². The third-order valence-electron chi connectivity index (χ3n) is 5.88. The van der Waals surface area contributed by atoms with Crippen LogP contribution in [0.1, 0.15) is 17.5 Å². The molecule has 2 heterocycles. The third kappa shape index (κ3) is 1.25. The van der Waals surface area contributed by atoms with Gasteiger partial charge in [0.2, 0.25) is 0 Å². The highest BCUT2D eigenvalue weighted by atomic mass is 16.5. The van der Waals surface area contributed by atoms with Crippen LogP contribution < -0.4 is 14.8 Å². The summed E-state index contributed by atoms with van der Waals surface area (Å²) in [5.41, 5.74) is 2.57. The van der Waals surface area contributed by atoms with Crippen molar-refractivity contribution in [3.8, 4) is 11.5 Å². The number of methoxy groups -OCH3 is 1. The number of aliphatic hydroxyl groups is 1. The molecule has 1 saturated heterocycles. The Labute approximate surface area is 123 Å². The van der Waals surface area contributed by atoms with Crippen LogP contribution in [-0.2, 0) is 11.8 Å². The van der Waals surface area contributed by atoms with E-state index in [1.807, 2.05) is 12.1 Å². The van der Waals surface area contributed by atoms with Crippen LogP contribution in [-0.4, -0.2) is 37.0 Å². The fourth-order valence-corrected chi connectivity index (χ4v) is 5.13. The van der Waals surface area contributed by atoms with Crippen molar-refractivity contribution in [2.24, 2.45) is 5.92 Å². The molecule has 110 valence electrons. The molecule has 0 saturated carbocycles. The second-order valence-electron chi connectivity index (χ2n) is 6.63.